The highest BCUT2D eigenvalue weighted by molar-refractivity contribution is 5.82. The summed E-state index contributed by atoms with van der Waals surface area (Å²) in [5.41, 5.74) is 0. The Kier molecular flexibility index (Phi) is 4.14. The van der Waals surface area contributed by atoms with Gasteiger partial charge in [0, 0.05) is 18.6 Å². The third-order valence-electron chi connectivity index (χ3n) is 3.37. The molecular weight excluding hydrogens is 188 g/mol. The largest absolute Gasteiger partial charge is 0.339 e. The number of carbonyl (C=O) groups excluding carboxylic acids is 1. The third kappa shape index (κ3) is 2.71. The smallest absolute Gasteiger partial charge is 0.240 e. The van der Waals surface area contributed by atoms with Crippen molar-refractivity contribution in [2.75, 3.05) is 13.6 Å². The van der Waals surface area contributed by atoms with Crippen LogP contribution in [0.15, 0.2) is 0 Å². The van der Waals surface area contributed by atoms with Gasteiger partial charge in [-0.3, -0.25) is 9.69 Å². The van der Waals surface area contributed by atoms with E-state index in [9.17, 15) is 4.79 Å². The maximum atomic E-state index is 12.2. The first-order valence-electron chi connectivity index (χ1n) is 5.97. The van der Waals surface area contributed by atoms with E-state index >= 15 is 0 Å². The highest BCUT2D eigenvalue weighted by Crippen LogP contribution is 2.19. The first-order valence-corrected chi connectivity index (χ1v) is 5.97. The van der Waals surface area contributed by atoms with Crippen LogP contribution in [0.5, 0.6) is 0 Å². The highest BCUT2D eigenvalue weighted by atomic mass is 16.2. The Labute approximate surface area is 93.4 Å². The molecule has 0 bridgehead atoms. The van der Waals surface area contributed by atoms with Crippen molar-refractivity contribution in [3.8, 4) is 0 Å². The summed E-state index contributed by atoms with van der Waals surface area (Å²) in [7, 11) is 2.05. The summed E-state index contributed by atoms with van der Waals surface area (Å²) in [6, 6.07) is 0.869. The van der Waals surface area contributed by atoms with Gasteiger partial charge in [-0.2, -0.15) is 0 Å². The van der Waals surface area contributed by atoms with Crippen LogP contribution in [0.2, 0.25) is 0 Å². The van der Waals surface area contributed by atoms with Crippen molar-refractivity contribution < 1.29 is 4.79 Å². The van der Waals surface area contributed by atoms with E-state index in [4.69, 9.17) is 0 Å². The molecule has 1 aliphatic rings. The quantitative estimate of drug-likeness (QED) is 0.711. The number of amides is 1. The molecule has 1 saturated heterocycles. The Balaban J connectivity index is 2.70. The molecule has 0 radical (unpaired) electrons. The fourth-order valence-electron chi connectivity index (χ4n) is 2.13. The van der Waals surface area contributed by atoms with Crippen molar-refractivity contribution in [3.63, 3.8) is 0 Å². The first kappa shape index (κ1) is 12.5. The Morgan fingerprint density at radius 2 is 1.93 bits per heavy atom. The Hall–Kier alpha value is -0.570. The Morgan fingerprint density at radius 1 is 1.33 bits per heavy atom. The minimum atomic E-state index is 0.0983. The number of rotatable bonds is 3. The number of hydrogen-bond acceptors (Lipinski definition) is 2. The van der Waals surface area contributed by atoms with E-state index in [1.165, 1.54) is 0 Å². The van der Waals surface area contributed by atoms with Crippen LogP contribution in [-0.4, -0.2) is 47.4 Å². The van der Waals surface area contributed by atoms with E-state index in [-0.39, 0.29) is 6.04 Å². The Morgan fingerprint density at radius 3 is 2.40 bits per heavy atom. The second-order valence-corrected chi connectivity index (χ2v) is 5.04. The summed E-state index contributed by atoms with van der Waals surface area (Å²) < 4.78 is 0. The van der Waals surface area contributed by atoms with Crippen molar-refractivity contribution in [2.24, 2.45) is 0 Å². The van der Waals surface area contributed by atoms with Crippen LogP contribution >= 0.6 is 0 Å². The predicted molar refractivity (Wildman–Crippen MR) is 62.8 cm³/mol. The van der Waals surface area contributed by atoms with Gasteiger partial charge in [0.15, 0.2) is 0 Å². The number of likely N-dealkylation sites (tertiary alicyclic amines) is 1. The second-order valence-electron chi connectivity index (χ2n) is 5.04. The molecule has 0 aromatic carbocycles. The zero-order valence-corrected chi connectivity index (χ0v) is 10.7. The predicted octanol–water partition coefficient (Wildman–Crippen LogP) is 1.73. The maximum Gasteiger partial charge on any atom is 0.240 e. The standard InChI is InChI=1S/C12H24N2O/c1-9(2)13(5)11-7-6-8-14(10(3)4)12(11)15/h9-11H,6-8H2,1-5H3. The van der Waals surface area contributed by atoms with Gasteiger partial charge in [0.25, 0.3) is 0 Å². The first-order chi connectivity index (χ1) is 6.95. The molecule has 1 fully saturated rings. The van der Waals surface area contributed by atoms with E-state index in [1.54, 1.807) is 0 Å². The molecule has 1 aliphatic heterocycles. The fraction of sp³-hybridized carbons (Fsp3) is 0.917. The van der Waals surface area contributed by atoms with Crippen LogP contribution in [0.1, 0.15) is 40.5 Å². The number of hydrogen-bond donors (Lipinski definition) is 0. The summed E-state index contributed by atoms with van der Waals surface area (Å²) in [4.78, 5) is 16.4. The van der Waals surface area contributed by atoms with E-state index in [0.29, 0.717) is 18.0 Å². The molecule has 0 saturated carbocycles. The molecule has 3 nitrogen and oxygen atoms in total. The summed E-state index contributed by atoms with van der Waals surface area (Å²) in [6.45, 7) is 9.40. The number of piperidine rings is 1. The molecule has 0 N–H and O–H groups in total. The lowest BCUT2D eigenvalue weighted by molar-refractivity contribution is -0.142. The van der Waals surface area contributed by atoms with Crippen LogP contribution < -0.4 is 0 Å². The molecule has 1 unspecified atom stereocenters. The van der Waals surface area contributed by atoms with E-state index in [0.717, 1.165) is 19.4 Å². The number of nitrogens with zero attached hydrogens (tertiary/aromatic N) is 2. The summed E-state index contributed by atoms with van der Waals surface area (Å²) >= 11 is 0. The van der Waals surface area contributed by atoms with Crippen LogP contribution in [0.25, 0.3) is 0 Å². The van der Waals surface area contributed by atoms with Crippen molar-refractivity contribution in [3.05, 3.63) is 0 Å². The highest BCUT2D eigenvalue weighted by Gasteiger charge is 2.33. The van der Waals surface area contributed by atoms with Gasteiger partial charge in [0.1, 0.15) is 0 Å². The van der Waals surface area contributed by atoms with Crippen molar-refractivity contribution >= 4 is 5.91 Å². The lowest BCUT2D eigenvalue weighted by Gasteiger charge is -2.40. The monoisotopic (exact) mass is 212 g/mol. The molecule has 1 rings (SSSR count). The molecule has 88 valence electrons. The summed E-state index contributed by atoms with van der Waals surface area (Å²) in [5.74, 6) is 0.312. The summed E-state index contributed by atoms with van der Waals surface area (Å²) in [6.07, 6.45) is 2.14. The van der Waals surface area contributed by atoms with E-state index in [2.05, 4.69) is 39.6 Å². The average Bonchev–Trinajstić information content (AvgIpc) is 2.16. The molecule has 0 aromatic heterocycles. The zero-order valence-electron chi connectivity index (χ0n) is 10.7. The third-order valence-corrected chi connectivity index (χ3v) is 3.37. The molecular formula is C12H24N2O. The lowest BCUT2D eigenvalue weighted by Crippen LogP contribution is -2.54. The van der Waals surface area contributed by atoms with Crippen LogP contribution in [0.3, 0.4) is 0 Å². The molecule has 1 heterocycles. The SMILES string of the molecule is CC(C)N1CCCC(N(C)C(C)C)C1=O. The molecule has 15 heavy (non-hydrogen) atoms. The van der Waals surface area contributed by atoms with Crippen molar-refractivity contribution in [2.45, 2.75) is 58.7 Å². The fourth-order valence-corrected chi connectivity index (χ4v) is 2.13. The number of likely N-dealkylation sites (N-methyl/N-ethyl adjacent to an activating group) is 1. The topological polar surface area (TPSA) is 23.6 Å². The minimum absolute atomic E-state index is 0.0983. The van der Waals surface area contributed by atoms with Gasteiger partial charge in [-0.1, -0.05) is 0 Å². The molecule has 0 aromatic rings. The van der Waals surface area contributed by atoms with Gasteiger partial charge in [-0.25, -0.2) is 0 Å². The van der Waals surface area contributed by atoms with E-state index in [1.807, 2.05) is 4.90 Å². The van der Waals surface area contributed by atoms with Crippen molar-refractivity contribution in [1.29, 1.82) is 0 Å². The van der Waals surface area contributed by atoms with Crippen molar-refractivity contribution in [1.82, 2.24) is 9.80 Å². The van der Waals surface area contributed by atoms with E-state index < -0.39 is 0 Å². The molecule has 0 spiro atoms. The zero-order chi connectivity index (χ0) is 11.6. The van der Waals surface area contributed by atoms with Gasteiger partial charge in [-0.15, -0.1) is 0 Å². The number of carbonyl (C=O) groups is 1. The molecule has 1 amide bonds. The van der Waals surface area contributed by atoms with Gasteiger partial charge >= 0.3 is 0 Å². The normalized spacial score (nSPS) is 23.3. The van der Waals surface area contributed by atoms with Crippen LogP contribution in [-0.2, 0) is 4.79 Å². The maximum absolute atomic E-state index is 12.2. The minimum Gasteiger partial charge on any atom is -0.339 e. The molecule has 0 aliphatic carbocycles. The molecule has 1 atom stereocenters. The van der Waals surface area contributed by atoms with Crippen LogP contribution in [0, 0.1) is 0 Å². The van der Waals surface area contributed by atoms with Gasteiger partial charge in [0.2, 0.25) is 5.91 Å². The second kappa shape index (κ2) is 4.97. The Bertz CT molecular complexity index is 226. The van der Waals surface area contributed by atoms with Gasteiger partial charge < -0.3 is 4.90 Å². The van der Waals surface area contributed by atoms with Gasteiger partial charge in [-0.05, 0) is 47.6 Å². The van der Waals surface area contributed by atoms with Crippen LogP contribution in [0.4, 0.5) is 0 Å². The van der Waals surface area contributed by atoms with Gasteiger partial charge in [0.05, 0.1) is 6.04 Å². The molecule has 3 heteroatoms. The lowest BCUT2D eigenvalue weighted by atomic mass is 10.0. The summed E-state index contributed by atoms with van der Waals surface area (Å²) in [5, 5.41) is 0. The average molecular weight is 212 g/mol.